The Morgan fingerprint density at radius 1 is 0.939 bits per heavy atom. The van der Waals surface area contributed by atoms with Crippen LogP contribution in [0, 0.1) is 20.8 Å². The zero-order valence-electron chi connectivity index (χ0n) is 19.3. The van der Waals surface area contributed by atoms with Gasteiger partial charge in [-0.05, 0) is 57.2 Å². The maximum absolute atomic E-state index is 13.8. The number of anilines is 3. The number of hydrogen-bond acceptors (Lipinski definition) is 5. The third kappa shape index (κ3) is 3.06. The lowest BCUT2D eigenvalue weighted by Crippen LogP contribution is -2.30. The lowest BCUT2D eigenvalue weighted by atomic mass is 9.86. The molecule has 2 aliphatic rings. The molecule has 5 nitrogen and oxygen atoms in total. The van der Waals surface area contributed by atoms with Gasteiger partial charge in [-0.25, -0.2) is 0 Å². The summed E-state index contributed by atoms with van der Waals surface area (Å²) < 4.78 is 5.91. The molecule has 0 radical (unpaired) electrons. The van der Waals surface area contributed by atoms with Crippen LogP contribution in [0.15, 0.2) is 47.0 Å². The van der Waals surface area contributed by atoms with E-state index in [1.807, 2.05) is 24.3 Å². The van der Waals surface area contributed by atoms with Crippen LogP contribution >= 0.6 is 0 Å². The number of benzene rings is 3. The molecule has 1 N–H and O–H groups in total. The molecular weight excluding hydrogens is 410 g/mol. The van der Waals surface area contributed by atoms with Crippen LogP contribution < -0.4 is 10.2 Å². The molecule has 1 aromatic heterocycles. The maximum Gasteiger partial charge on any atom is 0.196 e. The van der Waals surface area contributed by atoms with E-state index >= 15 is 0 Å². The zero-order chi connectivity index (χ0) is 22.7. The molecule has 166 valence electrons. The molecular formula is C28H27N3O2. The van der Waals surface area contributed by atoms with Gasteiger partial charge in [0.25, 0.3) is 0 Å². The number of carbonyl (C=O) groups is 1. The minimum Gasteiger partial charge on any atom is -0.370 e. The van der Waals surface area contributed by atoms with Crippen LogP contribution in [-0.2, 0) is 0 Å². The number of nitrogens with one attached hydrogen (secondary N) is 1. The van der Waals surface area contributed by atoms with Gasteiger partial charge in [-0.2, -0.15) is 0 Å². The van der Waals surface area contributed by atoms with Crippen molar-refractivity contribution in [3.8, 4) is 11.3 Å². The normalized spacial score (nSPS) is 15.1. The van der Waals surface area contributed by atoms with Crippen LogP contribution in [0.1, 0.15) is 51.9 Å². The molecule has 1 fully saturated rings. The summed E-state index contributed by atoms with van der Waals surface area (Å²) in [7, 11) is 0. The molecule has 0 atom stereocenters. The van der Waals surface area contributed by atoms with Gasteiger partial charge in [0.1, 0.15) is 5.52 Å². The lowest BCUT2D eigenvalue weighted by molar-refractivity contribution is 0.104. The first-order chi connectivity index (χ1) is 16.0. The highest BCUT2D eigenvalue weighted by molar-refractivity contribution is 6.28. The fourth-order valence-electron chi connectivity index (χ4n) is 5.53. The Hall–Kier alpha value is -3.60. The summed E-state index contributed by atoms with van der Waals surface area (Å²) in [5.74, 6) is 0.705. The summed E-state index contributed by atoms with van der Waals surface area (Å²) >= 11 is 0. The van der Waals surface area contributed by atoms with Gasteiger partial charge in [0.05, 0.1) is 22.3 Å². The van der Waals surface area contributed by atoms with Gasteiger partial charge in [0.2, 0.25) is 0 Å². The highest BCUT2D eigenvalue weighted by Gasteiger charge is 2.34. The maximum atomic E-state index is 13.8. The molecule has 33 heavy (non-hydrogen) atoms. The van der Waals surface area contributed by atoms with E-state index < -0.39 is 0 Å². The molecule has 0 saturated carbocycles. The van der Waals surface area contributed by atoms with Crippen LogP contribution in [0.4, 0.5) is 17.1 Å². The van der Waals surface area contributed by atoms with E-state index in [9.17, 15) is 4.79 Å². The SMILES string of the molecule is Cc1cc(C)c(Nc2cc(N3CCCCC3)c3noc4c3c2C(=O)c2ccccc2-4)c(C)c1. The number of rotatable bonds is 3. The molecule has 1 saturated heterocycles. The van der Waals surface area contributed by atoms with Crippen molar-refractivity contribution in [2.75, 3.05) is 23.3 Å². The number of carbonyl (C=O) groups excluding carboxylic acids is 1. The first-order valence-electron chi connectivity index (χ1n) is 11.7. The van der Waals surface area contributed by atoms with Crippen LogP contribution in [0.3, 0.4) is 0 Å². The quantitative estimate of drug-likeness (QED) is 0.340. The van der Waals surface area contributed by atoms with Gasteiger partial charge in [-0.3, -0.25) is 4.79 Å². The Balaban J connectivity index is 1.63. The second kappa shape index (κ2) is 7.48. The second-order valence-corrected chi connectivity index (χ2v) is 9.37. The number of fused-ring (bicyclic) bond motifs is 2. The van der Waals surface area contributed by atoms with E-state index in [0.717, 1.165) is 70.6 Å². The monoisotopic (exact) mass is 437 g/mol. The van der Waals surface area contributed by atoms with Crippen molar-refractivity contribution in [1.29, 1.82) is 0 Å². The van der Waals surface area contributed by atoms with Crippen LogP contribution in [0.2, 0.25) is 0 Å². The largest absolute Gasteiger partial charge is 0.370 e. The number of aryl methyl sites for hydroxylation is 3. The number of piperidine rings is 1. The summed E-state index contributed by atoms with van der Waals surface area (Å²) in [5, 5.41) is 8.98. The Morgan fingerprint density at radius 3 is 2.36 bits per heavy atom. The van der Waals surface area contributed by atoms with E-state index in [1.54, 1.807) is 0 Å². The predicted octanol–water partition coefficient (Wildman–Crippen LogP) is 6.70. The van der Waals surface area contributed by atoms with Gasteiger partial charge in [-0.1, -0.05) is 47.1 Å². The van der Waals surface area contributed by atoms with Gasteiger partial charge in [0, 0.05) is 29.9 Å². The van der Waals surface area contributed by atoms with Crippen molar-refractivity contribution in [3.05, 3.63) is 70.3 Å². The third-order valence-corrected chi connectivity index (χ3v) is 7.01. The summed E-state index contributed by atoms with van der Waals surface area (Å²) in [6, 6.07) is 14.1. The Kier molecular flexibility index (Phi) is 4.54. The van der Waals surface area contributed by atoms with Crippen LogP contribution in [-0.4, -0.2) is 24.0 Å². The average Bonchev–Trinajstić information content (AvgIpc) is 3.26. The highest BCUT2D eigenvalue weighted by Crippen LogP contribution is 2.47. The van der Waals surface area contributed by atoms with Crippen molar-refractivity contribution >= 4 is 33.7 Å². The summed E-state index contributed by atoms with van der Waals surface area (Å²) in [5.41, 5.74) is 9.38. The first kappa shape index (κ1) is 20.0. The Labute approximate surface area is 193 Å². The van der Waals surface area contributed by atoms with E-state index in [-0.39, 0.29) is 5.78 Å². The highest BCUT2D eigenvalue weighted by atomic mass is 16.5. The molecule has 1 aliphatic heterocycles. The van der Waals surface area contributed by atoms with Crippen LogP contribution in [0.5, 0.6) is 0 Å². The summed E-state index contributed by atoms with van der Waals surface area (Å²) in [6.07, 6.45) is 3.57. The van der Waals surface area contributed by atoms with Gasteiger partial charge < -0.3 is 14.7 Å². The molecule has 6 rings (SSSR count). The number of nitrogens with zero attached hydrogens (tertiary/aromatic N) is 2. The number of aromatic nitrogens is 1. The molecule has 2 heterocycles. The molecule has 3 aromatic carbocycles. The molecule has 0 unspecified atom stereocenters. The number of hydrogen-bond donors (Lipinski definition) is 1. The fourth-order valence-corrected chi connectivity index (χ4v) is 5.53. The van der Waals surface area contributed by atoms with E-state index in [2.05, 4.69) is 54.3 Å². The fraction of sp³-hybridized carbons (Fsp3) is 0.286. The summed E-state index contributed by atoms with van der Waals surface area (Å²) in [4.78, 5) is 16.2. The minimum absolute atomic E-state index is 0.0152. The molecule has 0 amide bonds. The Bertz CT molecular complexity index is 1400. The Morgan fingerprint density at radius 2 is 1.64 bits per heavy atom. The zero-order valence-corrected chi connectivity index (χ0v) is 19.3. The smallest absolute Gasteiger partial charge is 0.196 e. The average molecular weight is 438 g/mol. The van der Waals surface area contributed by atoms with Gasteiger partial charge >= 0.3 is 0 Å². The van der Waals surface area contributed by atoms with Crippen molar-refractivity contribution in [1.82, 2.24) is 5.16 Å². The first-order valence-corrected chi connectivity index (χ1v) is 11.7. The van der Waals surface area contributed by atoms with Crippen molar-refractivity contribution < 1.29 is 9.32 Å². The molecule has 1 aliphatic carbocycles. The second-order valence-electron chi connectivity index (χ2n) is 9.37. The van der Waals surface area contributed by atoms with E-state index in [1.165, 1.54) is 12.0 Å². The van der Waals surface area contributed by atoms with Gasteiger partial charge in [0.15, 0.2) is 11.5 Å². The molecule has 4 aromatic rings. The van der Waals surface area contributed by atoms with Crippen molar-refractivity contribution in [2.45, 2.75) is 40.0 Å². The molecule has 0 spiro atoms. The predicted molar refractivity (Wildman–Crippen MR) is 133 cm³/mol. The number of ketones is 1. The van der Waals surface area contributed by atoms with Crippen molar-refractivity contribution in [2.24, 2.45) is 0 Å². The lowest BCUT2D eigenvalue weighted by Gasteiger charge is -2.30. The topological polar surface area (TPSA) is 58.4 Å². The molecule has 0 bridgehead atoms. The van der Waals surface area contributed by atoms with E-state index in [4.69, 9.17) is 4.52 Å². The minimum atomic E-state index is 0.0152. The van der Waals surface area contributed by atoms with Gasteiger partial charge in [-0.15, -0.1) is 0 Å². The molecule has 5 heteroatoms. The van der Waals surface area contributed by atoms with Crippen molar-refractivity contribution in [3.63, 3.8) is 0 Å². The van der Waals surface area contributed by atoms with Crippen LogP contribution in [0.25, 0.3) is 22.2 Å². The van der Waals surface area contributed by atoms with E-state index in [0.29, 0.717) is 16.9 Å². The summed E-state index contributed by atoms with van der Waals surface area (Å²) in [6.45, 7) is 8.31. The standard InChI is InChI=1S/C28H27N3O2/c1-16-13-17(2)25(18(3)14-16)29-21-15-22(31-11-7-4-8-12-31)26-24-23(21)27(32)19-9-5-6-10-20(19)28(24)33-30-26/h5-6,9-10,13-15,29H,4,7-8,11-12H2,1-3H3. The third-order valence-electron chi connectivity index (χ3n) is 7.01.